The van der Waals surface area contributed by atoms with E-state index in [1.165, 1.54) is 11.3 Å². The predicted molar refractivity (Wildman–Crippen MR) is 107 cm³/mol. The summed E-state index contributed by atoms with van der Waals surface area (Å²) in [5.74, 6) is 0.285. The number of rotatable bonds is 5. The molecule has 0 bridgehead atoms. The van der Waals surface area contributed by atoms with E-state index in [1.807, 2.05) is 29.5 Å². The first kappa shape index (κ1) is 20.3. The van der Waals surface area contributed by atoms with Crippen LogP contribution in [0.1, 0.15) is 34.6 Å². The monoisotopic (exact) mass is 403 g/mol. The van der Waals surface area contributed by atoms with Crippen molar-refractivity contribution in [2.24, 2.45) is 4.99 Å². The lowest BCUT2D eigenvalue weighted by Crippen LogP contribution is -2.45. The average molecular weight is 404 g/mol. The molecule has 1 fully saturated rings. The van der Waals surface area contributed by atoms with E-state index in [9.17, 15) is 9.59 Å². The molecule has 7 nitrogen and oxygen atoms in total. The van der Waals surface area contributed by atoms with Gasteiger partial charge in [-0.2, -0.15) is 4.99 Å². The molecule has 1 aliphatic rings. The molecule has 0 radical (unpaired) electrons. The first-order chi connectivity index (χ1) is 13.5. The summed E-state index contributed by atoms with van der Waals surface area (Å²) in [7, 11) is 1.56. The van der Waals surface area contributed by atoms with Crippen molar-refractivity contribution in [1.82, 2.24) is 9.47 Å². The SMILES string of the molecule is CC[C@@H](C(=O)N1CCOCC1)n1cc(C)sc1=NC(=O)c1cccc(OC)c1. The molecule has 150 valence electrons. The molecule has 0 unspecified atom stereocenters. The van der Waals surface area contributed by atoms with E-state index in [-0.39, 0.29) is 17.9 Å². The highest BCUT2D eigenvalue weighted by atomic mass is 32.1. The van der Waals surface area contributed by atoms with Crippen LogP contribution in [0.5, 0.6) is 5.75 Å². The van der Waals surface area contributed by atoms with Crippen molar-refractivity contribution in [3.05, 3.63) is 45.7 Å². The van der Waals surface area contributed by atoms with Gasteiger partial charge in [0.05, 0.1) is 20.3 Å². The highest BCUT2D eigenvalue weighted by molar-refractivity contribution is 7.09. The van der Waals surface area contributed by atoms with Crippen molar-refractivity contribution in [2.75, 3.05) is 33.4 Å². The van der Waals surface area contributed by atoms with Crippen LogP contribution < -0.4 is 9.54 Å². The molecule has 28 heavy (non-hydrogen) atoms. The van der Waals surface area contributed by atoms with Gasteiger partial charge in [-0.25, -0.2) is 0 Å². The molecule has 8 heteroatoms. The van der Waals surface area contributed by atoms with Crippen LogP contribution in [0.15, 0.2) is 35.5 Å². The molecule has 3 rings (SSSR count). The van der Waals surface area contributed by atoms with Crippen molar-refractivity contribution in [1.29, 1.82) is 0 Å². The van der Waals surface area contributed by atoms with Gasteiger partial charge in [-0.05, 0) is 31.5 Å². The zero-order valence-electron chi connectivity index (χ0n) is 16.4. The van der Waals surface area contributed by atoms with Gasteiger partial charge in [-0.1, -0.05) is 13.0 Å². The summed E-state index contributed by atoms with van der Waals surface area (Å²) in [5.41, 5.74) is 0.449. The van der Waals surface area contributed by atoms with E-state index in [4.69, 9.17) is 9.47 Å². The summed E-state index contributed by atoms with van der Waals surface area (Å²) in [5, 5.41) is 0. The quantitative estimate of drug-likeness (QED) is 0.769. The van der Waals surface area contributed by atoms with Gasteiger partial charge in [0, 0.05) is 29.7 Å². The summed E-state index contributed by atoms with van der Waals surface area (Å²) >= 11 is 1.40. The number of hydrogen-bond acceptors (Lipinski definition) is 5. The number of methoxy groups -OCH3 is 1. The Balaban J connectivity index is 1.93. The number of benzene rings is 1. The molecule has 1 saturated heterocycles. The van der Waals surface area contributed by atoms with Crippen molar-refractivity contribution in [3.63, 3.8) is 0 Å². The summed E-state index contributed by atoms with van der Waals surface area (Å²) in [6.07, 6.45) is 2.52. The van der Waals surface area contributed by atoms with Crippen LogP contribution in [-0.4, -0.2) is 54.7 Å². The average Bonchev–Trinajstić information content (AvgIpc) is 3.08. The largest absolute Gasteiger partial charge is 0.497 e. The number of nitrogens with zero attached hydrogens (tertiary/aromatic N) is 3. The minimum Gasteiger partial charge on any atom is -0.497 e. The van der Waals surface area contributed by atoms with Crippen molar-refractivity contribution < 1.29 is 19.1 Å². The summed E-state index contributed by atoms with van der Waals surface area (Å²) in [6, 6.07) is 6.51. The Hall–Kier alpha value is -2.45. The minimum atomic E-state index is -0.389. The second kappa shape index (κ2) is 9.16. The normalized spacial score (nSPS) is 16.1. The van der Waals surface area contributed by atoms with Crippen LogP contribution in [0.2, 0.25) is 0 Å². The molecule has 1 atom stereocenters. The van der Waals surface area contributed by atoms with E-state index in [1.54, 1.807) is 31.4 Å². The molecule has 0 spiro atoms. The van der Waals surface area contributed by atoms with E-state index < -0.39 is 0 Å². The summed E-state index contributed by atoms with van der Waals surface area (Å²) < 4.78 is 12.4. The topological polar surface area (TPSA) is 73.1 Å². The fourth-order valence-corrected chi connectivity index (χ4v) is 4.04. The number of carbonyl (C=O) groups excluding carboxylic acids is 2. The van der Waals surface area contributed by atoms with Gasteiger partial charge in [-0.15, -0.1) is 11.3 Å². The van der Waals surface area contributed by atoms with E-state index in [0.29, 0.717) is 48.8 Å². The van der Waals surface area contributed by atoms with Crippen molar-refractivity contribution in [3.8, 4) is 5.75 Å². The molecular weight excluding hydrogens is 378 g/mol. The number of hydrogen-bond donors (Lipinski definition) is 0. The number of thiazole rings is 1. The lowest BCUT2D eigenvalue weighted by Gasteiger charge is -2.30. The van der Waals surface area contributed by atoms with E-state index in [2.05, 4.69) is 4.99 Å². The Morgan fingerprint density at radius 2 is 2.07 bits per heavy atom. The second-order valence-corrected chi connectivity index (χ2v) is 7.76. The molecule has 0 N–H and O–H groups in total. The molecule has 2 aromatic rings. The van der Waals surface area contributed by atoms with Gasteiger partial charge in [0.1, 0.15) is 11.8 Å². The summed E-state index contributed by atoms with van der Waals surface area (Å²) in [6.45, 7) is 6.21. The van der Waals surface area contributed by atoms with Crippen LogP contribution in [0.25, 0.3) is 0 Å². The third-order valence-electron chi connectivity index (χ3n) is 4.64. The Kier molecular flexibility index (Phi) is 6.64. The highest BCUT2D eigenvalue weighted by Gasteiger charge is 2.27. The maximum atomic E-state index is 13.0. The first-order valence-corrected chi connectivity index (χ1v) is 10.1. The number of aryl methyl sites for hydroxylation is 1. The van der Waals surface area contributed by atoms with Crippen LogP contribution >= 0.6 is 11.3 Å². The Morgan fingerprint density at radius 3 is 2.75 bits per heavy atom. The number of ether oxygens (including phenoxy) is 2. The van der Waals surface area contributed by atoms with Crippen molar-refractivity contribution >= 4 is 23.2 Å². The van der Waals surface area contributed by atoms with Gasteiger partial charge >= 0.3 is 0 Å². The lowest BCUT2D eigenvalue weighted by molar-refractivity contribution is -0.139. The zero-order valence-corrected chi connectivity index (χ0v) is 17.2. The Labute approximate surface area is 168 Å². The number of morpholine rings is 1. The third kappa shape index (κ3) is 4.51. The van der Waals surface area contributed by atoms with E-state index >= 15 is 0 Å². The fourth-order valence-electron chi connectivity index (χ4n) is 3.17. The third-order valence-corrected chi connectivity index (χ3v) is 5.55. The van der Waals surface area contributed by atoms with Gasteiger partial charge in [0.15, 0.2) is 4.80 Å². The maximum absolute atomic E-state index is 13.0. The Bertz CT molecular complexity index is 912. The molecule has 0 saturated carbocycles. The lowest BCUT2D eigenvalue weighted by atomic mass is 10.2. The smallest absolute Gasteiger partial charge is 0.279 e. The standard InChI is InChI=1S/C20H25N3O4S/c1-4-17(19(25)22-8-10-27-11-9-22)23-13-14(2)28-20(23)21-18(24)15-6-5-7-16(12-15)26-3/h5-7,12-13,17H,4,8-11H2,1-3H3/t17-/m0/s1. The number of carbonyl (C=O) groups is 2. The molecule has 2 heterocycles. The fraction of sp³-hybridized carbons (Fsp3) is 0.450. The molecule has 2 amide bonds. The van der Waals surface area contributed by atoms with Crippen molar-refractivity contribution in [2.45, 2.75) is 26.3 Å². The molecule has 1 aliphatic heterocycles. The zero-order chi connectivity index (χ0) is 20.1. The molecule has 0 aliphatic carbocycles. The van der Waals surface area contributed by atoms with Gasteiger partial charge in [0.25, 0.3) is 5.91 Å². The van der Waals surface area contributed by atoms with Gasteiger partial charge < -0.3 is 18.9 Å². The minimum absolute atomic E-state index is 0.0406. The number of amides is 2. The van der Waals surface area contributed by atoms with Crippen LogP contribution in [0.3, 0.4) is 0 Å². The van der Waals surface area contributed by atoms with Crippen LogP contribution in [-0.2, 0) is 9.53 Å². The second-order valence-electron chi connectivity index (χ2n) is 6.54. The van der Waals surface area contributed by atoms with Gasteiger partial charge in [-0.3, -0.25) is 9.59 Å². The molecule has 1 aromatic heterocycles. The maximum Gasteiger partial charge on any atom is 0.279 e. The summed E-state index contributed by atoms with van der Waals surface area (Å²) in [4.78, 5) is 33.4. The van der Waals surface area contributed by atoms with Gasteiger partial charge in [0.2, 0.25) is 5.91 Å². The molecule has 1 aromatic carbocycles. The highest BCUT2D eigenvalue weighted by Crippen LogP contribution is 2.18. The number of aromatic nitrogens is 1. The van der Waals surface area contributed by atoms with Crippen LogP contribution in [0.4, 0.5) is 0 Å². The van der Waals surface area contributed by atoms with E-state index in [0.717, 1.165) is 4.88 Å². The first-order valence-electron chi connectivity index (χ1n) is 9.31. The Morgan fingerprint density at radius 1 is 1.32 bits per heavy atom. The molecular formula is C20H25N3O4S. The predicted octanol–water partition coefficient (Wildman–Crippen LogP) is 2.42. The van der Waals surface area contributed by atoms with Crippen LogP contribution in [0, 0.1) is 6.92 Å².